The molecule has 0 radical (unpaired) electrons. The minimum Gasteiger partial charge on any atom is -0.491 e. The molecule has 1 aromatic carbocycles. The molecule has 2 aliphatic rings. The van der Waals surface area contributed by atoms with Crippen LogP contribution in [0, 0.1) is 0 Å². The van der Waals surface area contributed by atoms with Crippen LogP contribution < -0.4 is 15.4 Å². The third kappa shape index (κ3) is 4.62. The Bertz CT molecular complexity index is 966. The van der Waals surface area contributed by atoms with Crippen LogP contribution in [0.3, 0.4) is 0 Å². The van der Waals surface area contributed by atoms with Crippen LogP contribution in [0.5, 0.6) is 5.75 Å². The van der Waals surface area contributed by atoms with E-state index in [1.54, 1.807) is 6.20 Å². The Hall–Kier alpha value is -3.16. The number of hydrogen-bond donors (Lipinski definition) is 2. The lowest BCUT2D eigenvalue weighted by atomic mass is 9.98. The fourth-order valence-electron chi connectivity index (χ4n) is 4.36. The molecule has 2 heterocycles. The molecule has 1 saturated carbocycles. The van der Waals surface area contributed by atoms with Gasteiger partial charge in [0.2, 0.25) is 5.91 Å². The summed E-state index contributed by atoms with van der Waals surface area (Å²) in [6, 6.07) is 9.36. The van der Waals surface area contributed by atoms with Crippen LogP contribution in [0.2, 0.25) is 0 Å². The van der Waals surface area contributed by atoms with Crippen LogP contribution in [0.1, 0.15) is 44.9 Å². The fraction of sp³-hybridized carbons (Fsp3) is 0.478. The van der Waals surface area contributed by atoms with Gasteiger partial charge in [-0.05, 0) is 37.8 Å². The number of ether oxygens (including phenoxy) is 1. The average molecular weight is 425 g/mol. The van der Waals surface area contributed by atoms with Crippen LogP contribution in [-0.4, -0.2) is 53.0 Å². The molecule has 2 fully saturated rings. The van der Waals surface area contributed by atoms with Gasteiger partial charge in [-0.25, -0.2) is 4.79 Å². The van der Waals surface area contributed by atoms with Crippen molar-refractivity contribution in [3.05, 3.63) is 36.5 Å². The van der Waals surface area contributed by atoms with Crippen molar-refractivity contribution in [3.8, 4) is 5.75 Å². The van der Waals surface area contributed by atoms with E-state index in [0.29, 0.717) is 38.8 Å². The van der Waals surface area contributed by atoms with Gasteiger partial charge in [-0.1, -0.05) is 31.0 Å². The first kappa shape index (κ1) is 21.1. The van der Waals surface area contributed by atoms with E-state index in [2.05, 4.69) is 15.6 Å². The maximum absolute atomic E-state index is 12.6. The summed E-state index contributed by atoms with van der Waals surface area (Å²) in [7, 11) is 0. The normalized spacial score (nSPS) is 17.4. The summed E-state index contributed by atoms with van der Waals surface area (Å²) >= 11 is 0. The molecule has 1 saturated heterocycles. The quantitative estimate of drug-likeness (QED) is 0.476. The van der Waals surface area contributed by atoms with Gasteiger partial charge < -0.3 is 15.4 Å². The smallest absolute Gasteiger partial charge is 0.325 e. The molecule has 1 spiro atoms. The molecule has 164 valence electrons. The molecular formula is C23H28N4O4. The molecule has 8 nitrogen and oxygen atoms in total. The van der Waals surface area contributed by atoms with E-state index in [-0.39, 0.29) is 30.8 Å². The Balaban J connectivity index is 1.13. The van der Waals surface area contributed by atoms with Crippen molar-refractivity contribution in [1.29, 1.82) is 0 Å². The number of urea groups is 1. The Morgan fingerprint density at radius 1 is 1.16 bits per heavy atom. The van der Waals surface area contributed by atoms with Gasteiger partial charge >= 0.3 is 6.03 Å². The van der Waals surface area contributed by atoms with Crippen LogP contribution in [0.15, 0.2) is 36.5 Å². The number of nitrogens with one attached hydrogen (secondary N) is 2. The number of carbonyl (C=O) groups is 3. The van der Waals surface area contributed by atoms with E-state index < -0.39 is 5.54 Å². The second-order valence-electron chi connectivity index (χ2n) is 8.16. The summed E-state index contributed by atoms with van der Waals surface area (Å²) in [4.78, 5) is 42.4. The van der Waals surface area contributed by atoms with Crippen LogP contribution in [0.25, 0.3) is 10.9 Å². The molecule has 4 rings (SSSR count). The highest BCUT2D eigenvalue weighted by atomic mass is 16.5. The Morgan fingerprint density at radius 2 is 1.97 bits per heavy atom. The molecule has 2 aromatic rings. The van der Waals surface area contributed by atoms with Crippen molar-refractivity contribution in [2.45, 2.75) is 50.5 Å². The molecule has 2 N–H and O–H groups in total. The number of para-hydroxylation sites is 1. The second-order valence-corrected chi connectivity index (χ2v) is 8.16. The maximum atomic E-state index is 12.6. The van der Waals surface area contributed by atoms with E-state index in [1.165, 1.54) is 4.90 Å². The molecule has 0 bridgehead atoms. The number of hydrogen-bond acceptors (Lipinski definition) is 5. The first-order valence-electron chi connectivity index (χ1n) is 11.0. The Morgan fingerprint density at radius 3 is 2.81 bits per heavy atom. The predicted molar refractivity (Wildman–Crippen MR) is 116 cm³/mol. The van der Waals surface area contributed by atoms with E-state index in [9.17, 15) is 14.4 Å². The SMILES string of the molecule is O=C(CCCN1C(=O)NC2(CCCC2)C1=O)NCCCOc1cccc2cccnc12. The zero-order valence-electron chi connectivity index (χ0n) is 17.6. The number of rotatable bonds is 9. The summed E-state index contributed by atoms with van der Waals surface area (Å²) in [5, 5.41) is 6.75. The fourth-order valence-corrected chi connectivity index (χ4v) is 4.36. The summed E-state index contributed by atoms with van der Waals surface area (Å²) in [5.74, 6) is 0.517. The average Bonchev–Trinajstić information content (AvgIpc) is 3.33. The lowest BCUT2D eigenvalue weighted by Crippen LogP contribution is -2.44. The molecule has 1 aliphatic carbocycles. The third-order valence-corrected chi connectivity index (χ3v) is 5.99. The first-order chi connectivity index (χ1) is 15.1. The summed E-state index contributed by atoms with van der Waals surface area (Å²) in [5.41, 5.74) is 0.146. The van der Waals surface area contributed by atoms with Gasteiger partial charge in [0.1, 0.15) is 16.8 Å². The standard InChI is InChI=1S/C23H28N4O4/c28-19(10-5-15-27-21(29)23(26-22(27)30)11-1-2-12-23)24-14-6-16-31-18-9-3-7-17-8-4-13-25-20(17)18/h3-4,7-9,13H,1-2,5-6,10-12,14-16H2,(H,24,28)(H,26,30). The Kier molecular flexibility index (Phi) is 6.34. The van der Waals surface area contributed by atoms with Gasteiger partial charge in [-0.2, -0.15) is 0 Å². The maximum Gasteiger partial charge on any atom is 0.325 e. The zero-order valence-corrected chi connectivity index (χ0v) is 17.6. The summed E-state index contributed by atoms with van der Waals surface area (Å²) < 4.78 is 5.82. The predicted octanol–water partition coefficient (Wildman–Crippen LogP) is 2.76. The van der Waals surface area contributed by atoms with Crippen molar-refractivity contribution in [2.24, 2.45) is 0 Å². The number of aromatic nitrogens is 1. The highest BCUT2D eigenvalue weighted by Crippen LogP contribution is 2.35. The van der Waals surface area contributed by atoms with Crippen LogP contribution in [0.4, 0.5) is 4.79 Å². The lowest BCUT2D eigenvalue weighted by molar-refractivity contribution is -0.131. The van der Waals surface area contributed by atoms with E-state index >= 15 is 0 Å². The largest absolute Gasteiger partial charge is 0.491 e. The number of nitrogens with zero attached hydrogens (tertiary/aromatic N) is 2. The van der Waals surface area contributed by atoms with Gasteiger partial charge in [-0.15, -0.1) is 0 Å². The molecule has 4 amide bonds. The van der Waals surface area contributed by atoms with Crippen molar-refractivity contribution < 1.29 is 19.1 Å². The van der Waals surface area contributed by atoms with E-state index in [4.69, 9.17) is 4.74 Å². The van der Waals surface area contributed by atoms with Crippen molar-refractivity contribution >= 4 is 28.7 Å². The Labute approximate surface area is 181 Å². The molecular weight excluding hydrogens is 396 g/mol. The number of pyridine rings is 1. The van der Waals surface area contributed by atoms with Gasteiger partial charge in [0.05, 0.1) is 6.61 Å². The molecule has 0 atom stereocenters. The molecule has 8 heteroatoms. The highest BCUT2D eigenvalue weighted by Gasteiger charge is 2.51. The number of imide groups is 1. The second kappa shape index (κ2) is 9.32. The van der Waals surface area contributed by atoms with Crippen molar-refractivity contribution in [3.63, 3.8) is 0 Å². The number of benzene rings is 1. The van der Waals surface area contributed by atoms with Gasteiger partial charge in [0.15, 0.2) is 0 Å². The zero-order chi connectivity index (χ0) is 21.7. The van der Waals surface area contributed by atoms with E-state index in [1.807, 2.05) is 30.3 Å². The number of fused-ring (bicyclic) bond motifs is 1. The van der Waals surface area contributed by atoms with E-state index in [0.717, 1.165) is 29.5 Å². The third-order valence-electron chi connectivity index (χ3n) is 5.99. The summed E-state index contributed by atoms with van der Waals surface area (Å²) in [6.45, 7) is 1.25. The summed E-state index contributed by atoms with van der Waals surface area (Å²) in [6.07, 6.45) is 6.49. The monoisotopic (exact) mass is 424 g/mol. The van der Waals surface area contributed by atoms with Gasteiger partial charge in [0.25, 0.3) is 5.91 Å². The molecule has 1 aromatic heterocycles. The number of amides is 4. The van der Waals surface area contributed by atoms with Crippen molar-refractivity contribution in [1.82, 2.24) is 20.5 Å². The minimum absolute atomic E-state index is 0.0885. The lowest BCUT2D eigenvalue weighted by Gasteiger charge is -2.19. The van der Waals surface area contributed by atoms with Crippen molar-refractivity contribution in [2.75, 3.05) is 19.7 Å². The number of carbonyl (C=O) groups excluding carboxylic acids is 3. The first-order valence-corrected chi connectivity index (χ1v) is 11.0. The van der Waals surface area contributed by atoms with Gasteiger partial charge in [0, 0.05) is 31.1 Å². The highest BCUT2D eigenvalue weighted by molar-refractivity contribution is 6.07. The van der Waals surface area contributed by atoms with Crippen LogP contribution in [-0.2, 0) is 9.59 Å². The molecule has 1 aliphatic heterocycles. The molecule has 31 heavy (non-hydrogen) atoms. The minimum atomic E-state index is -0.682. The topological polar surface area (TPSA) is 101 Å². The molecule has 0 unspecified atom stereocenters. The van der Waals surface area contributed by atoms with Crippen LogP contribution >= 0.6 is 0 Å². The van der Waals surface area contributed by atoms with Gasteiger partial charge in [-0.3, -0.25) is 19.5 Å².